The van der Waals surface area contributed by atoms with E-state index in [1.165, 1.54) is 11.8 Å². The second-order valence-electron chi connectivity index (χ2n) is 8.41. The molecule has 0 aliphatic heterocycles. The van der Waals surface area contributed by atoms with E-state index < -0.39 is 36.1 Å². The fourth-order valence-electron chi connectivity index (χ4n) is 3.34. The summed E-state index contributed by atoms with van der Waals surface area (Å²) in [5, 5.41) is 25.3. The molecule has 2 amide bonds. The average Bonchev–Trinajstić information content (AvgIpc) is 2.84. The van der Waals surface area contributed by atoms with Gasteiger partial charge in [-0.25, -0.2) is 0 Å². The van der Waals surface area contributed by atoms with Crippen LogP contribution < -0.4 is 15.5 Å². The average molecular weight is 482 g/mol. The van der Waals surface area contributed by atoms with Crippen molar-refractivity contribution in [2.75, 3.05) is 11.4 Å². The van der Waals surface area contributed by atoms with Crippen molar-refractivity contribution in [3.63, 3.8) is 0 Å². The number of rotatable bonds is 12. The number of benzene rings is 2. The van der Waals surface area contributed by atoms with Gasteiger partial charge in [-0.15, -0.1) is 0 Å². The fourth-order valence-corrected chi connectivity index (χ4v) is 3.34. The van der Waals surface area contributed by atoms with Crippen molar-refractivity contribution in [1.82, 2.24) is 10.6 Å². The van der Waals surface area contributed by atoms with Gasteiger partial charge < -0.3 is 25.6 Å². The molecule has 0 aliphatic rings. The van der Waals surface area contributed by atoms with E-state index in [0.29, 0.717) is 23.1 Å². The van der Waals surface area contributed by atoms with E-state index in [1.807, 2.05) is 6.07 Å². The molecule has 2 aromatic carbocycles. The van der Waals surface area contributed by atoms with Crippen LogP contribution >= 0.6 is 0 Å². The topological polar surface area (TPSA) is 136 Å². The van der Waals surface area contributed by atoms with Gasteiger partial charge in [0.25, 0.3) is 5.91 Å². The Morgan fingerprint density at radius 2 is 1.60 bits per heavy atom. The lowest BCUT2D eigenvalue weighted by atomic mass is 10.0. The Bertz CT molecular complexity index is 1060. The molecular formula is C26H31N3O6. The van der Waals surface area contributed by atoms with E-state index in [2.05, 4.69) is 10.6 Å². The molecule has 9 nitrogen and oxygen atoms in total. The molecule has 0 aromatic heterocycles. The first-order chi connectivity index (χ1) is 16.5. The number of carbonyl (C=O) groups excluding carboxylic acids is 3. The van der Waals surface area contributed by atoms with Gasteiger partial charge in [-0.05, 0) is 44.9 Å². The highest BCUT2D eigenvalue weighted by Crippen LogP contribution is 2.22. The van der Waals surface area contributed by atoms with E-state index in [0.717, 1.165) is 0 Å². The molecule has 0 bridgehead atoms. The molecule has 2 aromatic rings. The first-order valence-corrected chi connectivity index (χ1v) is 11.1. The Balaban J connectivity index is 2.31. The zero-order valence-electron chi connectivity index (χ0n) is 20.0. The van der Waals surface area contributed by atoms with Gasteiger partial charge in [0.1, 0.15) is 18.5 Å². The molecule has 2 unspecified atom stereocenters. The number of carbonyl (C=O) groups is 4. The Kier molecular flexibility index (Phi) is 9.72. The first-order valence-electron chi connectivity index (χ1n) is 11.1. The molecule has 9 heteroatoms. The highest BCUT2D eigenvalue weighted by atomic mass is 16.4. The Hall–Kier alpha value is -3.98. The van der Waals surface area contributed by atoms with Crippen LogP contribution in [0.2, 0.25) is 0 Å². The third kappa shape index (κ3) is 8.08. The Morgan fingerprint density at radius 1 is 1.03 bits per heavy atom. The Labute approximate surface area is 204 Å². The van der Waals surface area contributed by atoms with Gasteiger partial charge in [-0.3, -0.25) is 19.3 Å². The van der Waals surface area contributed by atoms with Gasteiger partial charge in [-0.1, -0.05) is 48.5 Å². The summed E-state index contributed by atoms with van der Waals surface area (Å²) in [7, 11) is 0. The summed E-state index contributed by atoms with van der Waals surface area (Å²) in [6, 6.07) is 16.3. The normalized spacial score (nSPS) is 13.0. The number of nitrogens with one attached hydrogen (secondary N) is 2. The monoisotopic (exact) mass is 481 g/mol. The number of anilines is 1. The van der Waals surface area contributed by atoms with E-state index in [4.69, 9.17) is 5.11 Å². The number of para-hydroxylation sites is 1. The number of carboxylic acids is 1. The maximum atomic E-state index is 13.7. The van der Waals surface area contributed by atoms with Gasteiger partial charge >= 0.3 is 5.97 Å². The van der Waals surface area contributed by atoms with E-state index in [-0.39, 0.29) is 18.5 Å². The molecule has 0 fully saturated rings. The second kappa shape index (κ2) is 12.5. The van der Waals surface area contributed by atoms with Gasteiger partial charge in [0.2, 0.25) is 5.91 Å². The van der Waals surface area contributed by atoms with Crippen molar-refractivity contribution in [2.45, 2.75) is 45.4 Å². The maximum absolute atomic E-state index is 13.7. The summed E-state index contributed by atoms with van der Waals surface area (Å²) >= 11 is 0. The van der Waals surface area contributed by atoms with Crippen molar-refractivity contribution < 1.29 is 29.4 Å². The number of hydrogen-bond donors (Lipinski definition) is 4. The number of aliphatic hydroxyl groups is 1. The van der Waals surface area contributed by atoms with Crippen LogP contribution in [0.3, 0.4) is 0 Å². The van der Waals surface area contributed by atoms with Gasteiger partial charge in [0.05, 0.1) is 6.04 Å². The SMILES string of the molecule is CC(C)=C(NC(C)(O)c1ccccc1)C(=O)N(CC(=O)NC(C=O)CCC(=O)O)c1ccccc1. The van der Waals surface area contributed by atoms with E-state index in [1.54, 1.807) is 68.4 Å². The highest BCUT2D eigenvalue weighted by Gasteiger charge is 2.30. The molecule has 2 rings (SSSR count). The Morgan fingerprint density at radius 3 is 2.11 bits per heavy atom. The lowest BCUT2D eigenvalue weighted by Gasteiger charge is -2.31. The van der Waals surface area contributed by atoms with E-state index >= 15 is 0 Å². The van der Waals surface area contributed by atoms with Crippen molar-refractivity contribution >= 4 is 29.8 Å². The number of nitrogens with zero attached hydrogens (tertiary/aromatic N) is 1. The van der Waals surface area contributed by atoms with Crippen LogP contribution in [0.15, 0.2) is 71.9 Å². The minimum Gasteiger partial charge on any atom is -0.481 e. The third-order valence-corrected chi connectivity index (χ3v) is 5.21. The predicted octanol–water partition coefficient (Wildman–Crippen LogP) is 2.32. The van der Waals surface area contributed by atoms with Crippen LogP contribution in [0.5, 0.6) is 0 Å². The highest BCUT2D eigenvalue weighted by molar-refractivity contribution is 6.08. The molecule has 0 radical (unpaired) electrons. The quantitative estimate of drug-likeness (QED) is 0.207. The van der Waals surface area contributed by atoms with Crippen molar-refractivity contribution in [3.8, 4) is 0 Å². The van der Waals surface area contributed by atoms with Crippen LogP contribution in [0.25, 0.3) is 0 Å². The lowest BCUT2D eigenvalue weighted by Crippen LogP contribution is -2.49. The van der Waals surface area contributed by atoms with Gasteiger partial charge in [-0.2, -0.15) is 0 Å². The molecule has 2 atom stereocenters. The smallest absolute Gasteiger partial charge is 0.303 e. The number of carboxylic acid groups (broad SMARTS) is 1. The summed E-state index contributed by atoms with van der Waals surface area (Å²) in [5.74, 6) is -2.28. The summed E-state index contributed by atoms with van der Waals surface area (Å²) < 4.78 is 0. The number of hydrogen-bond acceptors (Lipinski definition) is 6. The third-order valence-electron chi connectivity index (χ3n) is 5.21. The van der Waals surface area contributed by atoms with Crippen molar-refractivity contribution in [2.24, 2.45) is 0 Å². The fraction of sp³-hybridized carbons (Fsp3) is 0.308. The largest absolute Gasteiger partial charge is 0.481 e. The summed E-state index contributed by atoms with van der Waals surface area (Å²) in [4.78, 5) is 49.7. The molecule has 0 saturated carbocycles. The molecule has 35 heavy (non-hydrogen) atoms. The second-order valence-corrected chi connectivity index (χ2v) is 8.41. The zero-order valence-corrected chi connectivity index (χ0v) is 20.0. The molecular weight excluding hydrogens is 450 g/mol. The minimum atomic E-state index is -1.58. The molecule has 0 aliphatic carbocycles. The number of aliphatic carboxylic acids is 1. The molecule has 0 heterocycles. The zero-order chi connectivity index (χ0) is 26.0. The molecule has 186 valence electrons. The molecule has 0 spiro atoms. The number of amides is 2. The number of allylic oxidation sites excluding steroid dienone is 1. The van der Waals surface area contributed by atoms with Crippen LogP contribution in [-0.4, -0.2) is 46.9 Å². The minimum absolute atomic E-state index is 0.0649. The van der Waals surface area contributed by atoms with Crippen molar-refractivity contribution in [1.29, 1.82) is 0 Å². The standard InChI is InChI=1S/C26H31N3O6/c1-18(2)24(28-26(3,35)19-10-6-4-7-11-19)25(34)29(21-12-8-5-9-13-21)16-22(31)27-20(17-30)14-15-23(32)33/h4-13,17,20,28,35H,14-16H2,1-3H3,(H,27,31)(H,32,33). The van der Waals surface area contributed by atoms with Crippen LogP contribution in [0.4, 0.5) is 5.69 Å². The number of aldehydes is 1. The van der Waals surface area contributed by atoms with Gasteiger partial charge in [0.15, 0.2) is 5.72 Å². The van der Waals surface area contributed by atoms with Crippen LogP contribution in [-0.2, 0) is 24.9 Å². The molecule has 4 N–H and O–H groups in total. The van der Waals surface area contributed by atoms with E-state index in [9.17, 15) is 24.3 Å². The summed E-state index contributed by atoms with van der Waals surface area (Å²) in [6.07, 6.45) is 0.117. The summed E-state index contributed by atoms with van der Waals surface area (Å²) in [5.41, 5.74) is 0.0878. The lowest BCUT2D eigenvalue weighted by molar-refractivity contribution is -0.137. The van der Waals surface area contributed by atoms with Gasteiger partial charge in [0, 0.05) is 17.7 Å². The maximum Gasteiger partial charge on any atom is 0.303 e. The molecule has 0 saturated heterocycles. The predicted molar refractivity (Wildman–Crippen MR) is 131 cm³/mol. The summed E-state index contributed by atoms with van der Waals surface area (Å²) in [6.45, 7) is 4.51. The van der Waals surface area contributed by atoms with Crippen LogP contribution in [0.1, 0.15) is 39.2 Å². The van der Waals surface area contributed by atoms with Crippen LogP contribution in [0, 0.1) is 0 Å². The van der Waals surface area contributed by atoms with Crippen molar-refractivity contribution in [3.05, 3.63) is 77.5 Å². The first kappa shape index (κ1) is 27.3.